The molecular weight excluding hydrogens is 362 g/mol. The molecule has 1 aromatic heterocycles. The molecule has 0 atom stereocenters. The zero-order valence-electron chi connectivity index (χ0n) is 15.1. The van der Waals surface area contributed by atoms with E-state index in [0.29, 0.717) is 25.5 Å². The maximum absolute atomic E-state index is 12.3. The molecule has 1 aliphatic rings. The molecule has 3 aromatic rings. The number of benzene rings is 2. The highest BCUT2D eigenvalue weighted by Crippen LogP contribution is 2.30. The van der Waals surface area contributed by atoms with Crippen LogP contribution in [0.5, 0.6) is 11.5 Å². The summed E-state index contributed by atoms with van der Waals surface area (Å²) in [6.07, 6.45) is 0. The third-order valence-corrected chi connectivity index (χ3v) is 5.34. The van der Waals surface area contributed by atoms with Gasteiger partial charge in [-0.3, -0.25) is 4.79 Å². The second-order valence-corrected chi connectivity index (χ2v) is 7.11. The molecule has 0 spiro atoms. The summed E-state index contributed by atoms with van der Waals surface area (Å²) in [5.74, 6) is 1.79. The zero-order valence-corrected chi connectivity index (χ0v) is 15.9. The lowest BCUT2D eigenvalue weighted by Crippen LogP contribution is -2.25. The van der Waals surface area contributed by atoms with Crippen LogP contribution in [-0.2, 0) is 17.9 Å². The van der Waals surface area contributed by atoms with Gasteiger partial charge < -0.3 is 19.4 Å². The highest BCUT2D eigenvalue weighted by atomic mass is 32.2. The van der Waals surface area contributed by atoms with Crippen molar-refractivity contribution >= 4 is 28.7 Å². The van der Waals surface area contributed by atoms with Crippen LogP contribution in [0.4, 0.5) is 0 Å². The first-order valence-electron chi connectivity index (χ1n) is 8.98. The number of thioether (sulfide) groups is 1. The number of imidazole rings is 1. The molecule has 0 radical (unpaired) electrons. The average Bonchev–Trinajstić information content (AvgIpc) is 3.08. The number of para-hydroxylation sites is 2. The molecule has 0 saturated carbocycles. The van der Waals surface area contributed by atoms with E-state index in [1.807, 2.05) is 36.4 Å². The van der Waals surface area contributed by atoms with Crippen LogP contribution < -0.4 is 14.8 Å². The fraction of sp³-hybridized carbons (Fsp3) is 0.300. The number of rotatable bonds is 6. The van der Waals surface area contributed by atoms with Crippen LogP contribution in [-0.4, -0.2) is 34.4 Å². The normalized spacial score (nSPS) is 12.9. The van der Waals surface area contributed by atoms with Crippen LogP contribution in [0, 0.1) is 0 Å². The van der Waals surface area contributed by atoms with Gasteiger partial charge in [-0.15, -0.1) is 0 Å². The van der Waals surface area contributed by atoms with Gasteiger partial charge in [-0.1, -0.05) is 30.0 Å². The summed E-state index contributed by atoms with van der Waals surface area (Å²) in [5, 5.41) is 3.82. The zero-order chi connectivity index (χ0) is 18.6. The Bertz CT molecular complexity index is 970. The second-order valence-electron chi connectivity index (χ2n) is 6.17. The Morgan fingerprint density at radius 1 is 1.19 bits per heavy atom. The molecular formula is C20H21N3O3S. The van der Waals surface area contributed by atoms with Crippen LogP contribution in [0.1, 0.15) is 12.5 Å². The summed E-state index contributed by atoms with van der Waals surface area (Å²) in [7, 11) is 0. The molecule has 7 heteroatoms. The topological polar surface area (TPSA) is 65.4 Å². The Kier molecular flexibility index (Phi) is 5.20. The molecule has 1 aliphatic heterocycles. The quantitative estimate of drug-likeness (QED) is 0.662. The summed E-state index contributed by atoms with van der Waals surface area (Å²) < 4.78 is 13.2. The van der Waals surface area contributed by atoms with E-state index in [1.54, 1.807) is 0 Å². The first-order chi connectivity index (χ1) is 13.2. The third-order valence-electron chi connectivity index (χ3n) is 4.36. The van der Waals surface area contributed by atoms with Crippen LogP contribution in [0.2, 0.25) is 0 Å². The van der Waals surface area contributed by atoms with Gasteiger partial charge in [-0.05, 0) is 36.8 Å². The van der Waals surface area contributed by atoms with Crippen molar-refractivity contribution < 1.29 is 14.3 Å². The van der Waals surface area contributed by atoms with Gasteiger partial charge in [0.25, 0.3) is 0 Å². The fourth-order valence-electron chi connectivity index (χ4n) is 3.05. The molecule has 2 heterocycles. The smallest absolute Gasteiger partial charge is 0.230 e. The maximum Gasteiger partial charge on any atom is 0.230 e. The van der Waals surface area contributed by atoms with Crippen molar-refractivity contribution in [3.8, 4) is 11.5 Å². The maximum atomic E-state index is 12.3. The van der Waals surface area contributed by atoms with Crippen molar-refractivity contribution in [3.05, 3.63) is 48.0 Å². The lowest BCUT2D eigenvalue weighted by Gasteiger charge is -2.18. The van der Waals surface area contributed by atoms with Gasteiger partial charge in [0.1, 0.15) is 13.2 Å². The van der Waals surface area contributed by atoms with Gasteiger partial charge in [0.05, 0.1) is 16.8 Å². The molecule has 6 nitrogen and oxygen atoms in total. The molecule has 27 heavy (non-hydrogen) atoms. The van der Waals surface area contributed by atoms with Crippen molar-refractivity contribution in [1.82, 2.24) is 14.9 Å². The second kappa shape index (κ2) is 7.92. The molecule has 0 unspecified atom stereocenters. The standard InChI is InChI=1S/C20H21N3O3S/c1-2-23-16-6-4-3-5-15(16)22-20(23)27-13-19(24)21-12-14-7-8-17-18(11-14)26-10-9-25-17/h3-8,11H,2,9-10,12-13H2,1H3,(H,21,24). The van der Waals surface area contributed by atoms with Gasteiger partial charge in [0.2, 0.25) is 5.91 Å². The van der Waals surface area contributed by atoms with Crippen molar-refractivity contribution in [2.24, 2.45) is 0 Å². The molecule has 1 N–H and O–H groups in total. The molecule has 140 valence electrons. The van der Waals surface area contributed by atoms with E-state index in [-0.39, 0.29) is 5.91 Å². The number of aryl methyl sites for hydroxylation is 1. The Hall–Kier alpha value is -2.67. The number of nitrogens with one attached hydrogen (secondary N) is 1. The SMILES string of the molecule is CCn1c(SCC(=O)NCc2ccc3c(c2)OCCO3)nc2ccccc21. The molecule has 2 aromatic carbocycles. The van der Waals surface area contributed by atoms with E-state index in [4.69, 9.17) is 9.47 Å². The number of hydrogen-bond donors (Lipinski definition) is 1. The number of carbonyl (C=O) groups is 1. The Morgan fingerprint density at radius 3 is 2.85 bits per heavy atom. The van der Waals surface area contributed by atoms with E-state index in [1.165, 1.54) is 11.8 Å². The number of aromatic nitrogens is 2. The number of hydrogen-bond acceptors (Lipinski definition) is 5. The third kappa shape index (κ3) is 3.88. The number of nitrogens with zero attached hydrogens (tertiary/aromatic N) is 2. The van der Waals surface area contributed by atoms with Crippen molar-refractivity contribution in [1.29, 1.82) is 0 Å². The van der Waals surface area contributed by atoms with Gasteiger partial charge in [0, 0.05) is 13.1 Å². The molecule has 0 saturated heterocycles. The van der Waals surface area contributed by atoms with E-state index in [2.05, 4.69) is 27.9 Å². The number of ether oxygens (including phenoxy) is 2. The van der Waals surface area contributed by atoms with Gasteiger partial charge in [-0.2, -0.15) is 0 Å². The summed E-state index contributed by atoms with van der Waals surface area (Å²) in [5.41, 5.74) is 3.04. The Labute approximate surface area is 161 Å². The number of amides is 1. The summed E-state index contributed by atoms with van der Waals surface area (Å²) in [6, 6.07) is 13.8. The lowest BCUT2D eigenvalue weighted by molar-refractivity contribution is -0.118. The molecule has 0 bridgehead atoms. The summed E-state index contributed by atoms with van der Waals surface area (Å²) in [4.78, 5) is 16.9. The predicted octanol–water partition coefficient (Wildman–Crippen LogP) is 3.24. The molecule has 4 rings (SSSR count). The highest BCUT2D eigenvalue weighted by molar-refractivity contribution is 7.99. The first kappa shape index (κ1) is 17.7. The largest absolute Gasteiger partial charge is 0.486 e. The van der Waals surface area contributed by atoms with Gasteiger partial charge in [-0.25, -0.2) is 4.98 Å². The van der Waals surface area contributed by atoms with E-state index >= 15 is 0 Å². The van der Waals surface area contributed by atoms with E-state index in [9.17, 15) is 4.79 Å². The van der Waals surface area contributed by atoms with Crippen LogP contribution in [0.15, 0.2) is 47.6 Å². The van der Waals surface area contributed by atoms with Crippen LogP contribution in [0.3, 0.4) is 0 Å². The number of fused-ring (bicyclic) bond motifs is 2. The van der Waals surface area contributed by atoms with Crippen molar-refractivity contribution in [2.45, 2.75) is 25.2 Å². The predicted molar refractivity (Wildman–Crippen MR) is 105 cm³/mol. The first-order valence-corrected chi connectivity index (χ1v) is 9.96. The molecule has 0 fully saturated rings. The Morgan fingerprint density at radius 2 is 2.00 bits per heavy atom. The molecule has 0 aliphatic carbocycles. The van der Waals surface area contributed by atoms with E-state index < -0.39 is 0 Å². The van der Waals surface area contributed by atoms with Gasteiger partial charge >= 0.3 is 0 Å². The van der Waals surface area contributed by atoms with Gasteiger partial charge in [0.15, 0.2) is 16.7 Å². The van der Waals surface area contributed by atoms with E-state index in [0.717, 1.165) is 39.8 Å². The Balaban J connectivity index is 1.35. The highest BCUT2D eigenvalue weighted by Gasteiger charge is 2.13. The number of carbonyl (C=O) groups excluding carboxylic acids is 1. The van der Waals surface area contributed by atoms with Crippen molar-refractivity contribution in [2.75, 3.05) is 19.0 Å². The average molecular weight is 383 g/mol. The van der Waals surface area contributed by atoms with Crippen LogP contribution in [0.25, 0.3) is 11.0 Å². The minimum Gasteiger partial charge on any atom is -0.486 e. The van der Waals surface area contributed by atoms with Crippen LogP contribution >= 0.6 is 11.8 Å². The minimum atomic E-state index is -0.0235. The molecule has 1 amide bonds. The van der Waals surface area contributed by atoms with Crippen molar-refractivity contribution in [3.63, 3.8) is 0 Å². The minimum absolute atomic E-state index is 0.0235. The summed E-state index contributed by atoms with van der Waals surface area (Å²) in [6.45, 7) is 4.49. The summed E-state index contributed by atoms with van der Waals surface area (Å²) >= 11 is 1.46. The monoisotopic (exact) mass is 383 g/mol. The lowest BCUT2D eigenvalue weighted by atomic mass is 10.2. The fourth-order valence-corrected chi connectivity index (χ4v) is 3.96.